The van der Waals surface area contributed by atoms with Crippen molar-refractivity contribution in [2.24, 2.45) is 0 Å². The summed E-state index contributed by atoms with van der Waals surface area (Å²) in [7, 11) is 0. The SMILES string of the molecule is CC(C)(C)OC(=O)CC(NC(=O)Cc1ccc(OCc2ccccc2)c2ncnn12)C(=O)OC(C)(C)C. The summed E-state index contributed by atoms with van der Waals surface area (Å²) in [4.78, 5) is 42.4. The molecule has 0 aliphatic rings. The Hall–Kier alpha value is -3.95. The summed E-state index contributed by atoms with van der Waals surface area (Å²) in [6.07, 6.45) is 0.896. The number of aromatic nitrogens is 3. The smallest absolute Gasteiger partial charge is 0.329 e. The van der Waals surface area contributed by atoms with Gasteiger partial charge >= 0.3 is 11.9 Å². The molecule has 198 valence electrons. The summed E-state index contributed by atoms with van der Waals surface area (Å²) < 4.78 is 18.2. The number of fused-ring (bicyclic) bond motifs is 1. The van der Waals surface area contributed by atoms with Crippen LogP contribution in [0.1, 0.15) is 59.2 Å². The average Bonchev–Trinajstić information content (AvgIpc) is 3.27. The van der Waals surface area contributed by atoms with E-state index in [9.17, 15) is 14.4 Å². The maximum atomic E-state index is 13.0. The molecule has 1 unspecified atom stereocenters. The van der Waals surface area contributed by atoms with Gasteiger partial charge in [-0.2, -0.15) is 5.10 Å². The Balaban J connectivity index is 1.72. The van der Waals surface area contributed by atoms with E-state index in [0.717, 1.165) is 5.56 Å². The van der Waals surface area contributed by atoms with Crippen molar-refractivity contribution in [2.75, 3.05) is 0 Å². The minimum atomic E-state index is -1.21. The Labute approximate surface area is 216 Å². The van der Waals surface area contributed by atoms with Crippen LogP contribution >= 0.6 is 0 Å². The van der Waals surface area contributed by atoms with Gasteiger partial charge in [-0.05, 0) is 59.2 Å². The number of amides is 1. The Kier molecular flexibility index (Phi) is 8.52. The third kappa shape index (κ3) is 8.59. The molecule has 3 rings (SSSR count). The molecule has 0 radical (unpaired) electrons. The van der Waals surface area contributed by atoms with E-state index in [2.05, 4.69) is 15.4 Å². The number of esters is 2. The molecule has 10 heteroatoms. The molecule has 0 bridgehead atoms. The number of hydrogen-bond acceptors (Lipinski definition) is 8. The van der Waals surface area contributed by atoms with Gasteiger partial charge in [0.15, 0.2) is 11.4 Å². The largest absolute Gasteiger partial charge is 0.485 e. The minimum absolute atomic E-state index is 0.119. The normalized spacial score (nSPS) is 12.6. The predicted molar refractivity (Wildman–Crippen MR) is 136 cm³/mol. The summed E-state index contributed by atoms with van der Waals surface area (Å²) in [6.45, 7) is 10.7. The van der Waals surface area contributed by atoms with Crippen molar-refractivity contribution in [3.63, 3.8) is 0 Å². The van der Waals surface area contributed by atoms with Crippen LogP contribution in [-0.2, 0) is 36.9 Å². The monoisotopic (exact) mass is 510 g/mol. The Morgan fingerprint density at radius 3 is 2.27 bits per heavy atom. The van der Waals surface area contributed by atoms with E-state index in [0.29, 0.717) is 23.7 Å². The van der Waals surface area contributed by atoms with Gasteiger partial charge in [0, 0.05) is 0 Å². The van der Waals surface area contributed by atoms with Crippen LogP contribution < -0.4 is 10.1 Å². The lowest BCUT2D eigenvalue weighted by Gasteiger charge is -2.25. The third-order valence-corrected chi connectivity index (χ3v) is 4.86. The number of carbonyl (C=O) groups is 3. The lowest BCUT2D eigenvalue weighted by Crippen LogP contribution is -2.46. The molecule has 37 heavy (non-hydrogen) atoms. The molecule has 1 aromatic carbocycles. The summed E-state index contributed by atoms with van der Waals surface area (Å²) in [5, 5.41) is 6.83. The van der Waals surface area contributed by atoms with Gasteiger partial charge in [0.25, 0.3) is 0 Å². The first-order valence-electron chi connectivity index (χ1n) is 12.0. The maximum Gasteiger partial charge on any atom is 0.329 e. The fourth-order valence-corrected chi connectivity index (χ4v) is 3.44. The molecule has 0 saturated carbocycles. The Morgan fingerprint density at radius 2 is 1.62 bits per heavy atom. The quantitative estimate of drug-likeness (QED) is 0.435. The van der Waals surface area contributed by atoms with Gasteiger partial charge in [0.05, 0.1) is 18.5 Å². The number of benzene rings is 1. The highest BCUT2D eigenvalue weighted by Gasteiger charge is 2.31. The summed E-state index contributed by atoms with van der Waals surface area (Å²) in [5.41, 5.74) is 0.455. The van der Waals surface area contributed by atoms with Gasteiger partial charge in [-0.1, -0.05) is 30.3 Å². The molecule has 0 fully saturated rings. The van der Waals surface area contributed by atoms with Crippen LogP contribution in [0.25, 0.3) is 5.65 Å². The minimum Gasteiger partial charge on any atom is -0.485 e. The highest BCUT2D eigenvalue weighted by molar-refractivity contribution is 5.89. The molecule has 0 aliphatic carbocycles. The number of rotatable bonds is 9. The molecule has 2 heterocycles. The van der Waals surface area contributed by atoms with Crippen LogP contribution in [0.2, 0.25) is 0 Å². The molecule has 2 aromatic heterocycles. The number of nitrogens with zero attached hydrogens (tertiary/aromatic N) is 3. The van der Waals surface area contributed by atoms with Crippen molar-refractivity contribution < 1.29 is 28.6 Å². The summed E-state index contributed by atoms with van der Waals surface area (Å²) in [5.74, 6) is -1.32. The second kappa shape index (κ2) is 11.4. The number of nitrogens with one attached hydrogen (secondary N) is 1. The standard InChI is InChI=1S/C27H34N4O6/c1-26(2,3)36-23(33)15-20(25(34)37-27(4,5)6)30-22(32)14-19-12-13-21(24-28-17-29-31(19)24)35-16-18-10-8-7-9-11-18/h7-13,17,20H,14-16H2,1-6H3,(H,30,32). The van der Waals surface area contributed by atoms with E-state index in [4.69, 9.17) is 14.2 Å². The topological polar surface area (TPSA) is 121 Å². The number of hydrogen-bond donors (Lipinski definition) is 1. The van der Waals surface area contributed by atoms with Crippen LogP contribution in [-0.4, -0.2) is 49.7 Å². The first kappa shape index (κ1) is 27.6. The molecular weight excluding hydrogens is 476 g/mol. The van der Waals surface area contributed by atoms with Crippen molar-refractivity contribution >= 4 is 23.5 Å². The lowest BCUT2D eigenvalue weighted by atomic mass is 10.1. The van der Waals surface area contributed by atoms with E-state index in [-0.39, 0.29) is 12.8 Å². The van der Waals surface area contributed by atoms with Crippen molar-refractivity contribution in [1.29, 1.82) is 0 Å². The highest BCUT2D eigenvalue weighted by atomic mass is 16.6. The van der Waals surface area contributed by atoms with E-state index in [1.54, 1.807) is 53.7 Å². The molecule has 10 nitrogen and oxygen atoms in total. The van der Waals surface area contributed by atoms with Gasteiger partial charge in [-0.15, -0.1) is 0 Å². The number of carbonyl (C=O) groups excluding carboxylic acids is 3. The molecule has 0 spiro atoms. The molecule has 1 amide bonds. The van der Waals surface area contributed by atoms with E-state index < -0.39 is 35.1 Å². The van der Waals surface area contributed by atoms with Gasteiger partial charge in [-0.25, -0.2) is 14.3 Å². The third-order valence-electron chi connectivity index (χ3n) is 4.86. The molecule has 3 aromatic rings. The number of pyridine rings is 1. The molecule has 1 N–H and O–H groups in total. The fraction of sp³-hybridized carbons (Fsp3) is 0.444. The van der Waals surface area contributed by atoms with Crippen LogP contribution in [0.5, 0.6) is 5.75 Å². The van der Waals surface area contributed by atoms with Crippen LogP contribution in [0.4, 0.5) is 0 Å². The molecule has 0 saturated heterocycles. The zero-order valence-electron chi connectivity index (χ0n) is 22.1. The predicted octanol–water partition coefficient (Wildman–Crippen LogP) is 3.41. The first-order chi connectivity index (χ1) is 17.3. The van der Waals surface area contributed by atoms with Crippen LogP contribution in [0, 0.1) is 0 Å². The molecule has 1 atom stereocenters. The van der Waals surface area contributed by atoms with Gasteiger partial charge in [-0.3, -0.25) is 9.59 Å². The van der Waals surface area contributed by atoms with E-state index in [1.807, 2.05) is 30.3 Å². The van der Waals surface area contributed by atoms with Crippen molar-refractivity contribution in [1.82, 2.24) is 19.9 Å². The summed E-state index contributed by atoms with van der Waals surface area (Å²) in [6, 6.07) is 11.9. The fourth-order valence-electron chi connectivity index (χ4n) is 3.44. The average molecular weight is 511 g/mol. The van der Waals surface area contributed by atoms with Gasteiger partial charge < -0.3 is 19.5 Å². The second-order valence-corrected chi connectivity index (χ2v) is 10.6. The second-order valence-electron chi connectivity index (χ2n) is 10.6. The van der Waals surface area contributed by atoms with Crippen molar-refractivity contribution in [3.8, 4) is 5.75 Å². The van der Waals surface area contributed by atoms with Gasteiger partial charge in [0.1, 0.15) is 30.2 Å². The van der Waals surface area contributed by atoms with Crippen LogP contribution in [0.3, 0.4) is 0 Å². The van der Waals surface area contributed by atoms with Crippen molar-refractivity contribution in [2.45, 2.75) is 78.2 Å². The molecule has 0 aliphatic heterocycles. The number of ether oxygens (including phenoxy) is 3. The summed E-state index contributed by atoms with van der Waals surface area (Å²) >= 11 is 0. The zero-order chi connectivity index (χ0) is 27.2. The van der Waals surface area contributed by atoms with E-state index in [1.165, 1.54) is 10.8 Å². The zero-order valence-corrected chi connectivity index (χ0v) is 22.1. The van der Waals surface area contributed by atoms with Crippen LogP contribution in [0.15, 0.2) is 48.8 Å². The molecular formula is C27H34N4O6. The Bertz CT molecular complexity index is 1240. The van der Waals surface area contributed by atoms with E-state index >= 15 is 0 Å². The first-order valence-corrected chi connectivity index (χ1v) is 12.0. The van der Waals surface area contributed by atoms with Gasteiger partial charge in [0.2, 0.25) is 5.91 Å². The van der Waals surface area contributed by atoms with Crippen molar-refractivity contribution in [3.05, 3.63) is 60.0 Å². The highest BCUT2D eigenvalue weighted by Crippen LogP contribution is 2.21. The lowest BCUT2D eigenvalue weighted by molar-refractivity contribution is -0.165. The maximum absolute atomic E-state index is 13.0. The Morgan fingerprint density at radius 1 is 0.946 bits per heavy atom.